The molecule has 1 aliphatic rings. The van der Waals surface area contributed by atoms with Crippen LogP contribution in [-0.4, -0.2) is 67.5 Å². The Hall–Kier alpha value is -2.12. The molecule has 0 bridgehead atoms. The maximum absolute atomic E-state index is 12.5. The van der Waals surface area contributed by atoms with Gasteiger partial charge in [-0.05, 0) is 30.7 Å². The lowest BCUT2D eigenvalue weighted by Gasteiger charge is -2.24. The number of hydrogen-bond donors (Lipinski definition) is 0. The van der Waals surface area contributed by atoms with Crippen molar-refractivity contribution in [1.82, 2.24) is 9.80 Å². The molecular weight excluding hydrogens is 346 g/mol. The fourth-order valence-corrected chi connectivity index (χ4v) is 2.73. The molecule has 0 unspecified atom stereocenters. The zero-order valence-electron chi connectivity index (χ0n) is 14.4. The van der Waals surface area contributed by atoms with Crippen LogP contribution in [-0.2, 0) is 19.1 Å². The lowest BCUT2D eigenvalue weighted by Crippen LogP contribution is -2.44. The van der Waals surface area contributed by atoms with E-state index in [4.69, 9.17) is 16.3 Å². The zero-order valence-corrected chi connectivity index (χ0v) is 15.2. The maximum atomic E-state index is 12.5. The van der Waals surface area contributed by atoms with Crippen LogP contribution in [0.15, 0.2) is 24.3 Å². The quantitative estimate of drug-likeness (QED) is 0.729. The van der Waals surface area contributed by atoms with Gasteiger partial charge in [0.15, 0.2) is 0 Å². The molecule has 1 heterocycles. The van der Waals surface area contributed by atoms with E-state index in [-0.39, 0.29) is 44.1 Å². The first kappa shape index (κ1) is 19.2. The molecule has 1 saturated heterocycles. The minimum absolute atomic E-state index is 0.000106. The van der Waals surface area contributed by atoms with Gasteiger partial charge in [-0.15, -0.1) is 0 Å². The molecule has 0 N–H and O–H groups in total. The van der Waals surface area contributed by atoms with E-state index in [2.05, 4.69) is 0 Å². The van der Waals surface area contributed by atoms with Gasteiger partial charge >= 0.3 is 0 Å². The second-order valence-corrected chi connectivity index (χ2v) is 6.22. The van der Waals surface area contributed by atoms with E-state index in [0.717, 1.165) is 6.42 Å². The van der Waals surface area contributed by atoms with Gasteiger partial charge in [-0.3, -0.25) is 19.3 Å². The van der Waals surface area contributed by atoms with Crippen molar-refractivity contribution in [3.8, 4) is 0 Å². The van der Waals surface area contributed by atoms with Crippen molar-refractivity contribution in [1.29, 1.82) is 0 Å². The van der Waals surface area contributed by atoms with Crippen molar-refractivity contribution in [2.75, 3.05) is 44.9 Å². The molecule has 25 heavy (non-hydrogen) atoms. The second kappa shape index (κ2) is 8.82. The molecular formula is C17H22ClN3O4. The topological polar surface area (TPSA) is 70.2 Å². The number of halogens is 1. The van der Waals surface area contributed by atoms with Crippen LogP contribution in [0.3, 0.4) is 0 Å². The Morgan fingerprint density at radius 2 is 1.96 bits per heavy atom. The number of anilines is 1. The minimum atomic E-state index is -0.261. The third-order valence-corrected chi connectivity index (χ3v) is 4.12. The highest BCUT2D eigenvalue weighted by Crippen LogP contribution is 2.21. The SMILES string of the molecule is CCCN(CC(=O)N1CC(=O)N(c2ccc(Cl)cc2)C1)C(=O)COC. The Labute approximate surface area is 152 Å². The normalized spacial score (nSPS) is 14.1. The first-order valence-electron chi connectivity index (χ1n) is 8.06. The highest BCUT2D eigenvalue weighted by molar-refractivity contribution is 6.30. The van der Waals surface area contributed by atoms with Gasteiger partial charge in [0.25, 0.3) is 0 Å². The summed E-state index contributed by atoms with van der Waals surface area (Å²) in [5.41, 5.74) is 0.686. The summed E-state index contributed by atoms with van der Waals surface area (Å²) in [6.45, 7) is 2.44. The largest absolute Gasteiger partial charge is 0.375 e. The monoisotopic (exact) mass is 367 g/mol. The van der Waals surface area contributed by atoms with E-state index in [1.165, 1.54) is 21.8 Å². The van der Waals surface area contributed by atoms with E-state index in [1.807, 2.05) is 6.92 Å². The summed E-state index contributed by atoms with van der Waals surface area (Å²) < 4.78 is 4.85. The summed E-state index contributed by atoms with van der Waals surface area (Å²) in [5.74, 6) is -0.665. The van der Waals surface area contributed by atoms with Gasteiger partial charge in [0.2, 0.25) is 17.7 Å². The minimum Gasteiger partial charge on any atom is -0.375 e. The highest BCUT2D eigenvalue weighted by atomic mass is 35.5. The van der Waals surface area contributed by atoms with Crippen LogP contribution in [0.1, 0.15) is 13.3 Å². The van der Waals surface area contributed by atoms with Gasteiger partial charge in [-0.1, -0.05) is 18.5 Å². The van der Waals surface area contributed by atoms with Crippen molar-refractivity contribution >= 4 is 35.0 Å². The van der Waals surface area contributed by atoms with Crippen LogP contribution in [0.25, 0.3) is 0 Å². The Morgan fingerprint density at radius 3 is 2.56 bits per heavy atom. The molecule has 0 saturated carbocycles. The van der Waals surface area contributed by atoms with Crippen LogP contribution in [0.4, 0.5) is 5.69 Å². The summed E-state index contributed by atoms with van der Waals surface area (Å²) in [4.78, 5) is 41.2. The predicted molar refractivity (Wildman–Crippen MR) is 94.3 cm³/mol. The van der Waals surface area contributed by atoms with Gasteiger partial charge < -0.3 is 14.5 Å². The van der Waals surface area contributed by atoms with Crippen molar-refractivity contribution < 1.29 is 19.1 Å². The molecule has 7 nitrogen and oxygen atoms in total. The Balaban J connectivity index is 2.01. The second-order valence-electron chi connectivity index (χ2n) is 5.78. The first-order chi connectivity index (χ1) is 12.0. The fraction of sp³-hybridized carbons (Fsp3) is 0.471. The molecule has 0 radical (unpaired) electrons. The molecule has 1 aromatic rings. The molecule has 8 heteroatoms. The number of nitrogens with zero attached hydrogens (tertiary/aromatic N) is 3. The number of amides is 3. The summed E-state index contributed by atoms with van der Waals surface area (Å²) >= 11 is 5.86. The van der Waals surface area contributed by atoms with Gasteiger partial charge in [0.05, 0.1) is 6.54 Å². The number of methoxy groups -OCH3 is 1. The molecule has 0 aliphatic carbocycles. The third kappa shape index (κ3) is 4.93. The van der Waals surface area contributed by atoms with Gasteiger partial charge in [0, 0.05) is 24.4 Å². The summed E-state index contributed by atoms with van der Waals surface area (Å²) in [6, 6.07) is 6.86. The third-order valence-electron chi connectivity index (χ3n) is 3.87. The fourth-order valence-electron chi connectivity index (χ4n) is 2.60. The summed E-state index contributed by atoms with van der Waals surface area (Å²) in [5, 5.41) is 0.579. The van der Waals surface area contributed by atoms with Crippen LogP contribution in [0, 0.1) is 0 Å². The standard InChI is InChI=1S/C17H22ClN3O4/c1-3-8-19(17(24)11-25-2)9-15(22)20-10-16(23)21(12-20)14-6-4-13(18)5-7-14/h4-7H,3,8-12H2,1-2H3. The average Bonchev–Trinajstić information content (AvgIpc) is 2.97. The van der Waals surface area contributed by atoms with Crippen molar-refractivity contribution in [2.45, 2.75) is 13.3 Å². The lowest BCUT2D eigenvalue weighted by molar-refractivity contribution is -0.142. The van der Waals surface area contributed by atoms with Crippen molar-refractivity contribution in [3.63, 3.8) is 0 Å². The van der Waals surface area contributed by atoms with Crippen LogP contribution < -0.4 is 4.90 Å². The van der Waals surface area contributed by atoms with Crippen LogP contribution >= 0.6 is 11.6 Å². The van der Waals surface area contributed by atoms with Crippen molar-refractivity contribution in [2.24, 2.45) is 0 Å². The highest BCUT2D eigenvalue weighted by Gasteiger charge is 2.32. The first-order valence-corrected chi connectivity index (χ1v) is 8.44. The van der Waals surface area contributed by atoms with E-state index in [9.17, 15) is 14.4 Å². The number of carbonyl (C=O) groups is 3. The Bertz CT molecular complexity index is 635. The van der Waals surface area contributed by atoms with E-state index in [1.54, 1.807) is 24.3 Å². The molecule has 2 rings (SSSR count). The Kier molecular flexibility index (Phi) is 6.78. The van der Waals surface area contributed by atoms with Crippen molar-refractivity contribution in [3.05, 3.63) is 29.3 Å². The molecule has 0 atom stereocenters. The average molecular weight is 368 g/mol. The smallest absolute Gasteiger partial charge is 0.249 e. The molecule has 3 amide bonds. The molecule has 1 aromatic carbocycles. The number of benzene rings is 1. The van der Waals surface area contributed by atoms with Crippen LogP contribution in [0.5, 0.6) is 0 Å². The maximum Gasteiger partial charge on any atom is 0.249 e. The number of ether oxygens (including phenoxy) is 1. The predicted octanol–water partition coefficient (Wildman–Crippen LogP) is 1.36. The van der Waals surface area contributed by atoms with E-state index >= 15 is 0 Å². The van der Waals surface area contributed by atoms with Crippen LogP contribution in [0.2, 0.25) is 5.02 Å². The van der Waals surface area contributed by atoms with E-state index < -0.39 is 0 Å². The number of rotatable bonds is 7. The molecule has 0 spiro atoms. The molecule has 1 fully saturated rings. The lowest BCUT2D eigenvalue weighted by atomic mass is 10.3. The molecule has 136 valence electrons. The summed E-state index contributed by atoms with van der Waals surface area (Å²) in [6.07, 6.45) is 0.735. The van der Waals surface area contributed by atoms with E-state index in [0.29, 0.717) is 17.3 Å². The number of carbonyl (C=O) groups excluding carboxylic acids is 3. The molecule has 1 aliphatic heterocycles. The number of hydrogen-bond acceptors (Lipinski definition) is 4. The van der Waals surface area contributed by atoms with Gasteiger partial charge in [-0.2, -0.15) is 0 Å². The zero-order chi connectivity index (χ0) is 18.4. The van der Waals surface area contributed by atoms with Gasteiger partial charge in [0.1, 0.15) is 19.8 Å². The Morgan fingerprint density at radius 1 is 1.28 bits per heavy atom. The summed E-state index contributed by atoms with van der Waals surface area (Å²) in [7, 11) is 1.44. The molecule has 0 aromatic heterocycles. The van der Waals surface area contributed by atoms with Gasteiger partial charge in [-0.25, -0.2) is 0 Å².